The van der Waals surface area contributed by atoms with Crippen molar-refractivity contribution in [3.63, 3.8) is 0 Å². The van der Waals surface area contributed by atoms with Crippen LogP contribution in [0.3, 0.4) is 0 Å². The average Bonchev–Trinajstić information content (AvgIpc) is 2.69. The van der Waals surface area contributed by atoms with E-state index < -0.39 is 0 Å². The number of piperazine rings is 1. The molecule has 4 rings (SSSR count). The molecule has 132 valence electrons. The molecule has 2 aromatic carbocycles. The summed E-state index contributed by atoms with van der Waals surface area (Å²) in [6.07, 6.45) is 1.85. The van der Waals surface area contributed by atoms with Crippen LogP contribution in [0.2, 0.25) is 0 Å². The van der Waals surface area contributed by atoms with Crippen LogP contribution in [0, 0.1) is 6.92 Å². The summed E-state index contributed by atoms with van der Waals surface area (Å²) in [6.45, 7) is 5.36. The number of fused-ring (bicyclic) bond motifs is 1. The number of guanidine groups is 1. The summed E-state index contributed by atoms with van der Waals surface area (Å²) < 4.78 is 0. The van der Waals surface area contributed by atoms with Gasteiger partial charge in [-0.25, -0.2) is 9.98 Å². The molecule has 0 unspecified atom stereocenters. The van der Waals surface area contributed by atoms with Gasteiger partial charge in [0, 0.05) is 26.2 Å². The van der Waals surface area contributed by atoms with Crippen molar-refractivity contribution in [3.8, 4) is 0 Å². The first kappa shape index (κ1) is 16.3. The van der Waals surface area contributed by atoms with Crippen molar-refractivity contribution in [2.24, 2.45) is 10.7 Å². The summed E-state index contributed by atoms with van der Waals surface area (Å²) >= 11 is 0. The van der Waals surface area contributed by atoms with Crippen molar-refractivity contribution in [1.29, 1.82) is 0 Å². The lowest BCUT2D eigenvalue weighted by molar-refractivity contribution is 0.381. The zero-order valence-electron chi connectivity index (χ0n) is 14.8. The zero-order chi connectivity index (χ0) is 17.9. The van der Waals surface area contributed by atoms with Gasteiger partial charge in [-0.15, -0.1) is 0 Å². The molecule has 1 aliphatic rings. The van der Waals surface area contributed by atoms with Crippen molar-refractivity contribution >= 4 is 28.5 Å². The summed E-state index contributed by atoms with van der Waals surface area (Å²) in [7, 11) is 0. The second kappa shape index (κ2) is 7.00. The number of nitrogens with zero attached hydrogens (tertiary/aromatic N) is 5. The van der Waals surface area contributed by atoms with Crippen LogP contribution in [0.1, 0.15) is 5.56 Å². The van der Waals surface area contributed by atoms with Crippen LogP contribution in [-0.4, -0.2) is 47.0 Å². The van der Waals surface area contributed by atoms with Crippen molar-refractivity contribution in [3.05, 3.63) is 60.3 Å². The largest absolute Gasteiger partial charge is 0.369 e. The molecule has 1 fully saturated rings. The molecule has 0 bridgehead atoms. The molecule has 1 saturated heterocycles. The monoisotopic (exact) mass is 346 g/mol. The van der Waals surface area contributed by atoms with Gasteiger partial charge in [-0.1, -0.05) is 30.3 Å². The molecule has 2 heterocycles. The van der Waals surface area contributed by atoms with Gasteiger partial charge in [0.15, 0.2) is 5.96 Å². The highest BCUT2D eigenvalue weighted by atomic mass is 15.3. The number of aliphatic imine (C=N–C) groups is 1. The molecule has 0 saturated carbocycles. The van der Waals surface area contributed by atoms with E-state index in [2.05, 4.69) is 19.8 Å². The second-order valence-electron chi connectivity index (χ2n) is 6.45. The highest BCUT2D eigenvalue weighted by molar-refractivity contribution is 5.82. The van der Waals surface area contributed by atoms with Gasteiger partial charge >= 0.3 is 0 Å². The molecular weight excluding hydrogens is 324 g/mol. The maximum Gasteiger partial charge on any atom is 0.196 e. The Balaban J connectivity index is 1.45. The maximum atomic E-state index is 6.24. The highest BCUT2D eigenvalue weighted by Gasteiger charge is 2.20. The minimum absolute atomic E-state index is 0.573. The number of benzene rings is 2. The van der Waals surface area contributed by atoms with Gasteiger partial charge in [-0.3, -0.25) is 4.98 Å². The van der Waals surface area contributed by atoms with E-state index in [1.165, 1.54) is 0 Å². The van der Waals surface area contributed by atoms with E-state index in [-0.39, 0.29) is 0 Å². The smallest absolute Gasteiger partial charge is 0.196 e. The molecule has 0 aliphatic carbocycles. The number of rotatable bonds is 2. The molecular formula is C20H22N6. The van der Waals surface area contributed by atoms with E-state index in [1.54, 1.807) is 0 Å². The zero-order valence-corrected chi connectivity index (χ0v) is 14.8. The normalized spacial score (nSPS) is 15.5. The van der Waals surface area contributed by atoms with Gasteiger partial charge < -0.3 is 15.5 Å². The first-order valence-electron chi connectivity index (χ1n) is 8.82. The fraction of sp³-hybridized carbons (Fsp3) is 0.250. The van der Waals surface area contributed by atoms with E-state index in [1.807, 2.05) is 61.7 Å². The standard InChI is InChI=1S/C20H22N6/c1-15-6-2-3-7-16(15)24-20(21)26-12-10-25(11-13-26)19-14-22-17-8-4-5-9-18(17)23-19/h2-9,14H,10-13H2,1H3,(H2,21,24). The Morgan fingerprint density at radius 3 is 2.42 bits per heavy atom. The Bertz CT molecular complexity index is 944. The van der Waals surface area contributed by atoms with Gasteiger partial charge in [0.05, 0.1) is 22.9 Å². The summed E-state index contributed by atoms with van der Waals surface area (Å²) in [5, 5.41) is 0. The summed E-state index contributed by atoms with van der Waals surface area (Å²) in [6, 6.07) is 16.0. The molecule has 0 atom stereocenters. The molecule has 0 amide bonds. The van der Waals surface area contributed by atoms with Crippen LogP contribution in [0.4, 0.5) is 11.5 Å². The van der Waals surface area contributed by atoms with Crippen LogP contribution in [0.5, 0.6) is 0 Å². The molecule has 0 spiro atoms. The van der Waals surface area contributed by atoms with Crippen molar-refractivity contribution in [2.45, 2.75) is 6.92 Å². The fourth-order valence-corrected chi connectivity index (χ4v) is 3.15. The van der Waals surface area contributed by atoms with Gasteiger partial charge in [0.1, 0.15) is 5.82 Å². The average molecular weight is 346 g/mol. The third-order valence-corrected chi connectivity index (χ3v) is 4.71. The van der Waals surface area contributed by atoms with Crippen molar-refractivity contribution in [2.75, 3.05) is 31.1 Å². The molecule has 1 aliphatic heterocycles. The van der Waals surface area contributed by atoms with Crippen molar-refractivity contribution < 1.29 is 0 Å². The van der Waals surface area contributed by atoms with E-state index in [0.717, 1.165) is 54.3 Å². The molecule has 6 nitrogen and oxygen atoms in total. The number of anilines is 1. The lowest BCUT2D eigenvalue weighted by Gasteiger charge is -2.35. The van der Waals surface area contributed by atoms with Crippen LogP contribution < -0.4 is 10.6 Å². The van der Waals surface area contributed by atoms with E-state index >= 15 is 0 Å². The van der Waals surface area contributed by atoms with Gasteiger partial charge in [0.2, 0.25) is 0 Å². The molecule has 1 aromatic heterocycles. The maximum absolute atomic E-state index is 6.24. The van der Waals surface area contributed by atoms with Crippen LogP contribution >= 0.6 is 0 Å². The third-order valence-electron chi connectivity index (χ3n) is 4.71. The Hall–Kier alpha value is -3.15. The number of hydrogen-bond acceptors (Lipinski definition) is 4. The van der Waals surface area contributed by atoms with Gasteiger partial charge in [-0.2, -0.15) is 0 Å². The van der Waals surface area contributed by atoms with Crippen LogP contribution in [0.15, 0.2) is 59.7 Å². The first-order valence-corrected chi connectivity index (χ1v) is 8.82. The second-order valence-corrected chi connectivity index (χ2v) is 6.45. The summed E-state index contributed by atoms with van der Waals surface area (Å²) in [5.41, 5.74) is 10.1. The Morgan fingerprint density at radius 2 is 1.65 bits per heavy atom. The third kappa shape index (κ3) is 3.31. The first-order chi connectivity index (χ1) is 12.7. The van der Waals surface area contributed by atoms with E-state index in [4.69, 9.17) is 10.7 Å². The van der Waals surface area contributed by atoms with Crippen LogP contribution in [-0.2, 0) is 0 Å². The number of nitrogens with two attached hydrogens (primary N) is 1. The number of aromatic nitrogens is 2. The minimum atomic E-state index is 0.573. The lowest BCUT2D eigenvalue weighted by atomic mass is 10.2. The molecule has 6 heteroatoms. The van der Waals surface area contributed by atoms with E-state index in [0.29, 0.717) is 5.96 Å². The Labute approximate surface area is 153 Å². The van der Waals surface area contributed by atoms with Gasteiger partial charge in [-0.05, 0) is 30.7 Å². The minimum Gasteiger partial charge on any atom is -0.369 e. The number of hydrogen-bond donors (Lipinski definition) is 1. The molecule has 2 N–H and O–H groups in total. The predicted molar refractivity (Wildman–Crippen MR) is 106 cm³/mol. The quantitative estimate of drug-likeness (QED) is 0.571. The number of aryl methyl sites for hydroxylation is 1. The molecule has 3 aromatic rings. The Kier molecular flexibility index (Phi) is 4.39. The fourth-order valence-electron chi connectivity index (χ4n) is 3.15. The number of para-hydroxylation sites is 3. The Morgan fingerprint density at radius 1 is 0.962 bits per heavy atom. The van der Waals surface area contributed by atoms with Crippen LogP contribution in [0.25, 0.3) is 11.0 Å². The van der Waals surface area contributed by atoms with Gasteiger partial charge in [0.25, 0.3) is 0 Å². The summed E-state index contributed by atoms with van der Waals surface area (Å²) in [4.78, 5) is 18.2. The topological polar surface area (TPSA) is 70.6 Å². The highest BCUT2D eigenvalue weighted by Crippen LogP contribution is 2.19. The van der Waals surface area contributed by atoms with E-state index in [9.17, 15) is 0 Å². The lowest BCUT2D eigenvalue weighted by Crippen LogP contribution is -2.51. The molecule has 0 radical (unpaired) electrons. The van der Waals surface area contributed by atoms with Crippen molar-refractivity contribution in [1.82, 2.24) is 14.9 Å². The SMILES string of the molecule is Cc1ccccc1N=C(N)N1CCN(c2cnc3ccccc3n2)CC1. The molecule has 26 heavy (non-hydrogen) atoms. The summed E-state index contributed by atoms with van der Waals surface area (Å²) in [5.74, 6) is 1.49. The predicted octanol–water partition coefficient (Wildman–Crippen LogP) is 2.71.